The predicted molar refractivity (Wildman–Crippen MR) is 61.3 cm³/mol. The van der Waals surface area contributed by atoms with Crippen LogP contribution < -0.4 is 0 Å². The van der Waals surface area contributed by atoms with E-state index in [0.717, 1.165) is 5.56 Å². The summed E-state index contributed by atoms with van der Waals surface area (Å²) in [5.41, 5.74) is 0.944. The minimum Gasteiger partial charge on any atom is -0.455 e. The van der Waals surface area contributed by atoms with Crippen LogP contribution in [0.3, 0.4) is 0 Å². The first-order valence-electron chi connectivity index (χ1n) is 5.25. The molecule has 0 aliphatic heterocycles. The van der Waals surface area contributed by atoms with Gasteiger partial charge in [0.25, 0.3) is 0 Å². The Morgan fingerprint density at radius 3 is 2.65 bits per heavy atom. The first-order valence-corrected chi connectivity index (χ1v) is 5.25. The quantitative estimate of drug-likeness (QED) is 0.751. The summed E-state index contributed by atoms with van der Waals surface area (Å²) in [5.74, 6) is 0.314. The van der Waals surface area contributed by atoms with Gasteiger partial charge in [-0.25, -0.2) is 14.5 Å². The Kier molecular flexibility index (Phi) is 3.18. The zero-order chi connectivity index (χ0) is 12.3. The Morgan fingerprint density at radius 2 is 2.06 bits per heavy atom. The molecule has 0 saturated heterocycles. The molecule has 0 N–H and O–H groups in total. The largest absolute Gasteiger partial charge is 0.455 e. The fourth-order valence-corrected chi connectivity index (χ4v) is 1.48. The van der Waals surface area contributed by atoms with Gasteiger partial charge in [0.1, 0.15) is 12.4 Å². The molecule has 88 valence electrons. The van der Waals surface area contributed by atoms with Crippen LogP contribution in [-0.2, 0) is 18.4 Å². The van der Waals surface area contributed by atoms with E-state index in [1.54, 1.807) is 14.0 Å². The molecule has 0 amide bonds. The minimum absolute atomic E-state index is 0.221. The number of hydrogen-bond acceptors (Lipinski definition) is 4. The molecule has 5 heteroatoms. The predicted octanol–water partition coefficient (Wildman–Crippen LogP) is 1.48. The summed E-state index contributed by atoms with van der Waals surface area (Å²) < 4.78 is 6.57. The molecule has 0 radical (unpaired) electrons. The molecular formula is C12H13N3O2. The van der Waals surface area contributed by atoms with Gasteiger partial charge in [-0.05, 0) is 12.5 Å². The van der Waals surface area contributed by atoms with Crippen molar-refractivity contribution in [1.82, 2.24) is 14.8 Å². The van der Waals surface area contributed by atoms with E-state index < -0.39 is 5.97 Å². The highest BCUT2D eigenvalue weighted by molar-refractivity contribution is 5.85. The molecule has 0 atom stereocenters. The number of aryl methyl sites for hydroxylation is 2. The van der Waals surface area contributed by atoms with Crippen LogP contribution in [0.4, 0.5) is 0 Å². The summed E-state index contributed by atoms with van der Waals surface area (Å²) >= 11 is 0. The average Bonchev–Trinajstić information content (AvgIpc) is 2.67. The van der Waals surface area contributed by atoms with Crippen LogP contribution in [0.15, 0.2) is 30.3 Å². The lowest BCUT2D eigenvalue weighted by Gasteiger charge is -2.03. The van der Waals surface area contributed by atoms with E-state index in [0.29, 0.717) is 5.82 Å². The maximum absolute atomic E-state index is 11.7. The third kappa shape index (κ3) is 2.69. The van der Waals surface area contributed by atoms with Crippen LogP contribution in [-0.4, -0.2) is 20.7 Å². The first kappa shape index (κ1) is 11.3. The van der Waals surface area contributed by atoms with E-state index in [-0.39, 0.29) is 12.4 Å². The van der Waals surface area contributed by atoms with Crippen molar-refractivity contribution >= 4 is 5.97 Å². The van der Waals surface area contributed by atoms with Crippen molar-refractivity contribution in [2.75, 3.05) is 0 Å². The molecule has 0 aliphatic carbocycles. The van der Waals surface area contributed by atoms with Crippen molar-refractivity contribution in [2.24, 2.45) is 7.05 Å². The Hall–Kier alpha value is -2.17. The number of carbonyl (C=O) groups is 1. The zero-order valence-electron chi connectivity index (χ0n) is 9.75. The van der Waals surface area contributed by atoms with Gasteiger partial charge in [-0.3, -0.25) is 0 Å². The van der Waals surface area contributed by atoms with Crippen molar-refractivity contribution in [3.63, 3.8) is 0 Å². The summed E-state index contributed by atoms with van der Waals surface area (Å²) in [4.78, 5) is 15.7. The lowest BCUT2D eigenvalue weighted by atomic mass is 10.2. The molecule has 1 heterocycles. The monoisotopic (exact) mass is 231 g/mol. The Bertz CT molecular complexity index is 520. The lowest BCUT2D eigenvalue weighted by molar-refractivity contribution is 0.0452. The second kappa shape index (κ2) is 4.78. The van der Waals surface area contributed by atoms with Gasteiger partial charge in [0.05, 0.1) is 0 Å². The summed E-state index contributed by atoms with van der Waals surface area (Å²) in [6.45, 7) is 1.97. The van der Waals surface area contributed by atoms with Crippen LogP contribution in [0.5, 0.6) is 0 Å². The normalized spacial score (nSPS) is 10.2. The Morgan fingerprint density at radius 1 is 1.35 bits per heavy atom. The van der Waals surface area contributed by atoms with Crippen LogP contribution >= 0.6 is 0 Å². The van der Waals surface area contributed by atoms with Gasteiger partial charge >= 0.3 is 5.97 Å². The maximum atomic E-state index is 11.7. The van der Waals surface area contributed by atoms with Crippen molar-refractivity contribution in [3.05, 3.63) is 47.5 Å². The molecule has 2 aromatic rings. The Labute approximate surface area is 99.1 Å². The lowest BCUT2D eigenvalue weighted by Crippen LogP contribution is -2.12. The third-order valence-corrected chi connectivity index (χ3v) is 2.26. The molecule has 5 nitrogen and oxygen atoms in total. The molecule has 0 unspecified atom stereocenters. The third-order valence-electron chi connectivity index (χ3n) is 2.26. The number of ether oxygens (including phenoxy) is 1. The molecule has 0 bridgehead atoms. The highest BCUT2D eigenvalue weighted by Crippen LogP contribution is 2.04. The van der Waals surface area contributed by atoms with E-state index in [1.165, 1.54) is 4.68 Å². The van der Waals surface area contributed by atoms with Gasteiger partial charge in [-0.1, -0.05) is 30.3 Å². The number of rotatable bonds is 3. The number of hydrogen-bond donors (Lipinski definition) is 0. The molecular weight excluding hydrogens is 218 g/mol. The topological polar surface area (TPSA) is 57.0 Å². The maximum Gasteiger partial charge on any atom is 0.376 e. The molecule has 0 saturated carbocycles. The SMILES string of the molecule is Cc1nc(C(=O)OCc2ccccc2)n(C)n1. The Balaban J connectivity index is 2.01. The summed E-state index contributed by atoms with van der Waals surface area (Å²) in [6, 6.07) is 9.51. The van der Waals surface area contributed by atoms with E-state index in [2.05, 4.69) is 10.1 Å². The number of aromatic nitrogens is 3. The van der Waals surface area contributed by atoms with Gasteiger partial charge in [0.2, 0.25) is 5.82 Å². The summed E-state index contributed by atoms with van der Waals surface area (Å²) in [7, 11) is 1.67. The molecule has 1 aromatic heterocycles. The molecule has 0 spiro atoms. The zero-order valence-corrected chi connectivity index (χ0v) is 9.75. The van der Waals surface area contributed by atoms with Crippen LogP contribution in [0, 0.1) is 6.92 Å². The first-order chi connectivity index (χ1) is 8.16. The van der Waals surface area contributed by atoms with Crippen molar-refractivity contribution in [2.45, 2.75) is 13.5 Å². The molecule has 0 fully saturated rings. The standard InChI is InChI=1S/C12H13N3O2/c1-9-13-11(15(2)14-9)12(16)17-8-10-6-4-3-5-7-10/h3-7H,8H2,1-2H3. The van der Waals surface area contributed by atoms with Crippen molar-refractivity contribution in [3.8, 4) is 0 Å². The van der Waals surface area contributed by atoms with Gasteiger partial charge in [0.15, 0.2) is 0 Å². The summed E-state index contributed by atoms with van der Waals surface area (Å²) in [5, 5.41) is 3.99. The van der Waals surface area contributed by atoms with Crippen LogP contribution in [0.25, 0.3) is 0 Å². The van der Waals surface area contributed by atoms with Crippen molar-refractivity contribution < 1.29 is 9.53 Å². The second-order valence-electron chi connectivity index (χ2n) is 3.67. The highest BCUT2D eigenvalue weighted by Gasteiger charge is 2.15. The number of esters is 1. The average molecular weight is 231 g/mol. The van der Waals surface area contributed by atoms with Crippen molar-refractivity contribution in [1.29, 1.82) is 0 Å². The molecule has 2 rings (SSSR count). The van der Waals surface area contributed by atoms with E-state index in [4.69, 9.17) is 4.74 Å². The van der Waals surface area contributed by atoms with Crippen LogP contribution in [0.2, 0.25) is 0 Å². The van der Waals surface area contributed by atoms with E-state index in [9.17, 15) is 4.79 Å². The van der Waals surface area contributed by atoms with Gasteiger partial charge in [-0.15, -0.1) is 0 Å². The second-order valence-corrected chi connectivity index (χ2v) is 3.67. The fourth-order valence-electron chi connectivity index (χ4n) is 1.48. The molecule has 17 heavy (non-hydrogen) atoms. The number of carbonyl (C=O) groups excluding carboxylic acids is 1. The molecule has 1 aromatic carbocycles. The minimum atomic E-state index is -0.461. The highest BCUT2D eigenvalue weighted by atomic mass is 16.5. The van der Waals surface area contributed by atoms with E-state index >= 15 is 0 Å². The smallest absolute Gasteiger partial charge is 0.376 e. The summed E-state index contributed by atoms with van der Waals surface area (Å²) in [6.07, 6.45) is 0. The number of benzene rings is 1. The van der Waals surface area contributed by atoms with Gasteiger partial charge in [0, 0.05) is 7.05 Å². The molecule has 0 aliphatic rings. The van der Waals surface area contributed by atoms with E-state index in [1.807, 2.05) is 30.3 Å². The fraction of sp³-hybridized carbons (Fsp3) is 0.250. The van der Waals surface area contributed by atoms with Gasteiger partial charge in [-0.2, -0.15) is 5.10 Å². The van der Waals surface area contributed by atoms with Crippen LogP contribution in [0.1, 0.15) is 22.0 Å². The number of nitrogens with zero attached hydrogens (tertiary/aromatic N) is 3. The van der Waals surface area contributed by atoms with Gasteiger partial charge < -0.3 is 4.74 Å².